The van der Waals surface area contributed by atoms with Crippen LogP contribution in [0, 0.1) is 0 Å². The van der Waals surface area contributed by atoms with E-state index in [1.807, 2.05) is 48.8 Å². The van der Waals surface area contributed by atoms with Crippen LogP contribution in [0.5, 0.6) is 5.75 Å². The van der Waals surface area contributed by atoms with E-state index in [0.717, 1.165) is 54.9 Å². The van der Waals surface area contributed by atoms with Crippen molar-refractivity contribution in [3.8, 4) is 5.75 Å². The molecule has 0 aliphatic carbocycles. The average molecular weight is 449 g/mol. The Morgan fingerprint density at radius 2 is 1.94 bits per heavy atom. The Morgan fingerprint density at radius 3 is 2.76 bits per heavy atom. The van der Waals surface area contributed by atoms with Gasteiger partial charge in [-0.2, -0.15) is 0 Å². The molecular weight excluding hydrogens is 416 g/mol. The number of unbranched alkanes of at least 4 members (excludes halogenated alkanes) is 2. The molecular formula is C25H32N6O2. The van der Waals surface area contributed by atoms with Crippen LogP contribution < -0.4 is 21.1 Å². The first-order valence-electron chi connectivity index (χ1n) is 11.7. The maximum Gasteiger partial charge on any atom is 0.319 e. The van der Waals surface area contributed by atoms with Crippen LogP contribution >= 0.6 is 0 Å². The standard InChI is InChI=1S/C25H32N6O2/c1-2-3-16-33-19-12-10-18(11-13-19)29-25(32)27-14-6-7-15-31-17-28-22-23(31)20-8-4-5-9-21(20)30-24(22)26/h4-5,8-13,17,22-23H,2-3,6-7,14-16H2,1H3,(H2,26,30)(H2,27,29,32). The third kappa shape index (κ3) is 5.63. The number of nitrogens with zero attached hydrogens (tertiary/aromatic N) is 3. The first-order chi connectivity index (χ1) is 16.2. The molecule has 0 bridgehead atoms. The van der Waals surface area contributed by atoms with Crippen LogP contribution in [0.25, 0.3) is 0 Å². The molecule has 2 aromatic rings. The van der Waals surface area contributed by atoms with Gasteiger partial charge in [0.05, 0.1) is 24.7 Å². The molecule has 0 saturated heterocycles. The van der Waals surface area contributed by atoms with Crippen molar-refractivity contribution >= 4 is 29.6 Å². The van der Waals surface area contributed by atoms with Gasteiger partial charge >= 0.3 is 6.03 Å². The molecule has 0 saturated carbocycles. The SMILES string of the molecule is CCCCOc1ccc(NC(=O)NCCCCN2C=NC3C(N)=Nc4ccccc4C32)cc1. The van der Waals surface area contributed by atoms with E-state index in [1.165, 1.54) is 0 Å². The number of carbonyl (C=O) groups excluding carboxylic acids is 1. The molecule has 0 radical (unpaired) electrons. The number of amides is 2. The number of aliphatic imine (C=N–C) groups is 2. The summed E-state index contributed by atoms with van der Waals surface area (Å²) < 4.78 is 5.64. The predicted molar refractivity (Wildman–Crippen MR) is 133 cm³/mol. The third-order valence-corrected chi connectivity index (χ3v) is 5.85. The number of benzene rings is 2. The van der Waals surface area contributed by atoms with E-state index >= 15 is 0 Å². The number of nitrogens with one attached hydrogen (secondary N) is 2. The van der Waals surface area contributed by atoms with Crippen molar-refractivity contribution in [1.82, 2.24) is 10.2 Å². The summed E-state index contributed by atoms with van der Waals surface area (Å²) >= 11 is 0. The van der Waals surface area contributed by atoms with Crippen LogP contribution in [0.4, 0.5) is 16.2 Å². The molecule has 2 aromatic carbocycles. The minimum absolute atomic E-state index is 0.101. The van der Waals surface area contributed by atoms with Crippen molar-refractivity contribution in [2.75, 3.05) is 25.0 Å². The van der Waals surface area contributed by atoms with Crippen molar-refractivity contribution in [1.29, 1.82) is 0 Å². The first-order valence-corrected chi connectivity index (χ1v) is 11.7. The second-order valence-corrected chi connectivity index (χ2v) is 8.30. The topological polar surface area (TPSA) is 104 Å². The highest BCUT2D eigenvalue weighted by molar-refractivity contribution is 5.94. The second-order valence-electron chi connectivity index (χ2n) is 8.30. The molecule has 2 amide bonds. The van der Waals surface area contributed by atoms with Gasteiger partial charge in [0, 0.05) is 24.3 Å². The number of ether oxygens (including phenoxy) is 1. The van der Waals surface area contributed by atoms with Crippen LogP contribution in [0.3, 0.4) is 0 Å². The largest absolute Gasteiger partial charge is 0.494 e. The molecule has 4 rings (SSSR count). The molecule has 2 aliphatic heterocycles. The fourth-order valence-corrected chi connectivity index (χ4v) is 4.09. The summed E-state index contributed by atoms with van der Waals surface area (Å²) in [6.45, 7) is 4.28. The van der Waals surface area contributed by atoms with Crippen molar-refractivity contribution in [3.63, 3.8) is 0 Å². The highest BCUT2D eigenvalue weighted by Gasteiger charge is 2.38. The zero-order valence-electron chi connectivity index (χ0n) is 19.0. The fraction of sp³-hybridized carbons (Fsp3) is 0.400. The minimum Gasteiger partial charge on any atom is -0.494 e. The van der Waals surface area contributed by atoms with E-state index in [4.69, 9.17) is 10.5 Å². The lowest BCUT2D eigenvalue weighted by Gasteiger charge is -2.31. The molecule has 2 unspecified atom stereocenters. The van der Waals surface area contributed by atoms with Gasteiger partial charge in [0.2, 0.25) is 0 Å². The maximum atomic E-state index is 12.2. The molecule has 2 aliphatic rings. The van der Waals surface area contributed by atoms with Gasteiger partial charge in [-0.1, -0.05) is 31.5 Å². The Balaban J connectivity index is 1.17. The average Bonchev–Trinajstić information content (AvgIpc) is 3.25. The molecule has 2 atom stereocenters. The monoisotopic (exact) mass is 448 g/mol. The highest BCUT2D eigenvalue weighted by atomic mass is 16.5. The van der Waals surface area contributed by atoms with Gasteiger partial charge in [-0.05, 0) is 49.6 Å². The van der Waals surface area contributed by atoms with Crippen molar-refractivity contribution in [2.24, 2.45) is 15.7 Å². The number of nitrogens with two attached hydrogens (primary N) is 1. The Labute approximate surface area is 194 Å². The summed E-state index contributed by atoms with van der Waals surface area (Å²) in [5.74, 6) is 1.38. The van der Waals surface area contributed by atoms with E-state index < -0.39 is 0 Å². The molecule has 4 N–H and O–H groups in total. The minimum atomic E-state index is -0.206. The number of carbonyl (C=O) groups is 1. The van der Waals surface area contributed by atoms with Crippen molar-refractivity contribution in [2.45, 2.75) is 44.7 Å². The predicted octanol–water partition coefficient (Wildman–Crippen LogP) is 4.22. The number of para-hydroxylation sites is 1. The van der Waals surface area contributed by atoms with Gasteiger partial charge < -0.3 is 26.0 Å². The molecule has 8 heteroatoms. The van der Waals surface area contributed by atoms with Crippen LogP contribution in [-0.2, 0) is 0 Å². The Bertz CT molecular complexity index is 1000. The molecule has 33 heavy (non-hydrogen) atoms. The molecule has 174 valence electrons. The van der Waals surface area contributed by atoms with Gasteiger partial charge in [0.1, 0.15) is 17.6 Å². The van der Waals surface area contributed by atoms with Crippen LogP contribution in [-0.4, -0.2) is 48.8 Å². The molecule has 8 nitrogen and oxygen atoms in total. The second kappa shape index (κ2) is 10.8. The summed E-state index contributed by atoms with van der Waals surface area (Å²) in [7, 11) is 0. The van der Waals surface area contributed by atoms with Crippen molar-refractivity contribution < 1.29 is 9.53 Å². The highest BCUT2D eigenvalue weighted by Crippen LogP contribution is 2.39. The lowest BCUT2D eigenvalue weighted by Crippen LogP contribution is -2.39. The molecule has 0 fully saturated rings. The van der Waals surface area contributed by atoms with E-state index in [0.29, 0.717) is 19.0 Å². The normalized spacial score (nSPS) is 18.3. The number of hydrogen-bond donors (Lipinski definition) is 3. The van der Waals surface area contributed by atoms with Gasteiger partial charge in [-0.15, -0.1) is 0 Å². The van der Waals surface area contributed by atoms with Crippen LogP contribution in [0.15, 0.2) is 58.5 Å². The lowest BCUT2D eigenvalue weighted by atomic mass is 9.94. The number of amidine groups is 1. The Morgan fingerprint density at radius 1 is 1.12 bits per heavy atom. The lowest BCUT2D eigenvalue weighted by molar-refractivity contribution is 0.251. The quantitative estimate of drug-likeness (QED) is 0.473. The van der Waals surface area contributed by atoms with E-state index in [-0.39, 0.29) is 18.1 Å². The Kier molecular flexibility index (Phi) is 7.44. The smallest absolute Gasteiger partial charge is 0.319 e. The molecule has 2 heterocycles. The number of urea groups is 1. The number of rotatable bonds is 10. The summed E-state index contributed by atoms with van der Waals surface area (Å²) in [5.41, 5.74) is 8.98. The van der Waals surface area contributed by atoms with Crippen molar-refractivity contribution in [3.05, 3.63) is 54.1 Å². The zero-order valence-corrected chi connectivity index (χ0v) is 19.0. The third-order valence-electron chi connectivity index (χ3n) is 5.85. The summed E-state index contributed by atoms with van der Waals surface area (Å²) in [6, 6.07) is 15.3. The first kappa shape index (κ1) is 22.6. The number of fused-ring (bicyclic) bond motifs is 3. The van der Waals surface area contributed by atoms with Crippen LogP contribution in [0.1, 0.15) is 44.2 Å². The van der Waals surface area contributed by atoms with E-state index in [9.17, 15) is 4.79 Å². The summed E-state index contributed by atoms with van der Waals surface area (Å²) in [6.07, 6.45) is 5.81. The zero-order chi connectivity index (χ0) is 23.0. The molecule has 0 spiro atoms. The maximum absolute atomic E-state index is 12.2. The number of anilines is 1. The van der Waals surface area contributed by atoms with Crippen LogP contribution in [0.2, 0.25) is 0 Å². The van der Waals surface area contributed by atoms with Gasteiger partial charge in [-0.3, -0.25) is 4.99 Å². The van der Waals surface area contributed by atoms with Gasteiger partial charge in [0.25, 0.3) is 0 Å². The Hall–Kier alpha value is -3.55. The fourth-order valence-electron chi connectivity index (χ4n) is 4.09. The summed E-state index contributed by atoms with van der Waals surface area (Å²) in [4.78, 5) is 23.5. The summed E-state index contributed by atoms with van der Waals surface area (Å²) in [5, 5.41) is 5.78. The number of hydrogen-bond acceptors (Lipinski definition) is 6. The van der Waals surface area contributed by atoms with Gasteiger partial charge in [-0.25, -0.2) is 9.79 Å². The van der Waals surface area contributed by atoms with E-state index in [2.05, 4.69) is 38.5 Å². The van der Waals surface area contributed by atoms with Gasteiger partial charge in [0.15, 0.2) is 0 Å². The van der Waals surface area contributed by atoms with E-state index in [1.54, 1.807) is 0 Å². The molecule has 0 aromatic heterocycles.